The average molecular weight is 333 g/mol. The number of halogens is 1. The molecule has 0 aliphatic carbocycles. The van der Waals surface area contributed by atoms with Crippen LogP contribution in [-0.2, 0) is 0 Å². The van der Waals surface area contributed by atoms with Gasteiger partial charge in [0.05, 0.1) is 0 Å². The molecule has 124 valence electrons. The number of hydrogen-bond donors (Lipinski definition) is 1. The molecule has 4 rings (SSSR count). The Morgan fingerprint density at radius 3 is 2.52 bits per heavy atom. The lowest BCUT2D eigenvalue weighted by Gasteiger charge is -2.26. The topological polar surface area (TPSA) is 45.2 Å². The predicted octanol–water partition coefficient (Wildman–Crippen LogP) is 4.30. The van der Waals surface area contributed by atoms with Crippen LogP contribution in [0.3, 0.4) is 0 Å². The van der Waals surface area contributed by atoms with Gasteiger partial charge < -0.3 is 5.32 Å². The number of amides is 1. The second-order valence-electron chi connectivity index (χ2n) is 6.01. The predicted molar refractivity (Wildman–Crippen MR) is 95.0 cm³/mol. The van der Waals surface area contributed by atoms with Crippen molar-refractivity contribution in [3.05, 3.63) is 89.4 Å². The van der Waals surface area contributed by atoms with Crippen molar-refractivity contribution in [1.29, 1.82) is 0 Å². The molecule has 0 fully saturated rings. The van der Waals surface area contributed by atoms with Gasteiger partial charge in [0.15, 0.2) is 0 Å². The van der Waals surface area contributed by atoms with E-state index < -0.39 is 6.17 Å². The van der Waals surface area contributed by atoms with Crippen LogP contribution >= 0.6 is 0 Å². The summed E-state index contributed by atoms with van der Waals surface area (Å²) in [5.74, 6) is 0.170. The monoisotopic (exact) mass is 333 g/mol. The molecule has 5 heteroatoms. The first-order valence-corrected chi connectivity index (χ1v) is 8.01. The van der Waals surface area contributed by atoms with E-state index in [1.54, 1.807) is 23.2 Å². The molecule has 1 atom stereocenters. The van der Waals surface area contributed by atoms with Crippen LogP contribution in [0, 0.1) is 12.7 Å². The second-order valence-corrected chi connectivity index (χ2v) is 6.01. The summed E-state index contributed by atoms with van der Waals surface area (Å²) in [5, 5.41) is 3.32. The number of benzene rings is 2. The number of hydrogen-bond acceptors (Lipinski definition) is 3. The Bertz CT molecular complexity index is 922. The van der Waals surface area contributed by atoms with E-state index in [1.807, 2.05) is 43.3 Å². The lowest BCUT2D eigenvalue weighted by atomic mass is 10.1. The van der Waals surface area contributed by atoms with E-state index >= 15 is 0 Å². The average Bonchev–Trinajstić information content (AvgIpc) is 2.90. The fourth-order valence-electron chi connectivity index (χ4n) is 3.00. The summed E-state index contributed by atoms with van der Waals surface area (Å²) in [4.78, 5) is 19.0. The van der Waals surface area contributed by atoms with Crippen molar-refractivity contribution in [2.75, 3.05) is 10.2 Å². The number of nitrogens with zero attached hydrogens (tertiary/aromatic N) is 2. The molecule has 0 saturated carbocycles. The third kappa shape index (κ3) is 2.74. The Morgan fingerprint density at radius 2 is 1.80 bits per heavy atom. The van der Waals surface area contributed by atoms with Crippen molar-refractivity contribution in [3.63, 3.8) is 0 Å². The Kier molecular flexibility index (Phi) is 3.69. The minimum Gasteiger partial charge on any atom is -0.361 e. The van der Waals surface area contributed by atoms with Crippen LogP contribution in [0.5, 0.6) is 0 Å². The number of aromatic nitrogens is 1. The largest absolute Gasteiger partial charge is 0.361 e. The molecule has 2 heterocycles. The van der Waals surface area contributed by atoms with Crippen molar-refractivity contribution in [2.45, 2.75) is 13.1 Å². The molecule has 0 saturated heterocycles. The van der Waals surface area contributed by atoms with Crippen LogP contribution in [0.15, 0.2) is 66.9 Å². The summed E-state index contributed by atoms with van der Waals surface area (Å²) in [7, 11) is 0. The van der Waals surface area contributed by atoms with Crippen molar-refractivity contribution in [3.8, 4) is 0 Å². The normalized spacial score (nSPS) is 16.0. The quantitative estimate of drug-likeness (QED) is 0.777. The molecule has 1 N–H and O–H groups in total. The molecule has 1 amide bonds. The highest BCUT2D eigenvalue weighted by Crippen LogP contribution is 2.37. The number of nitrogens with one attached hydrogen (secondary N) is 1. The Hall–Kier alpha value is -3.21. The van der Waals surface area contributed by atoms with E-state index in [-0.39, 0.29) is 11.7 Å². The van der Waals surface area contributed by atoms with Gasteiger partial charge in [0.25, 0.3) is 5.91 Å². The third-order valence-corrected chi connectivity index (χ3v) is 4.25. The molecular formula is C20H16FN3O. The highest BCUT2D eigenvalue weighted by Gasteiger charge is 2.38. The van der Waals surface area contributed by atoms with Gasteiger partial charge in [0.2, 0.25) is 0 Å². The lowest BCUT2D eigenvalue weighted by molar-refractivity contribution is 0.0992. The summed E-state index contributed by atoms with van der Waals surface area (Å²) in [5.41, 5.74) is 3.27. The Labute approximate surface area is 144 Å². The van der Waals surface area contributed by atoms with Crippen molar-refractivity contribution in [1.82, 2.24) is 4.98 Å². The first kappa shape index (κ1) is 15.3. The molecule has 0 bridgehead atoms. The fraction of sp³-hybridized carbons (Fsp3) is 0.100. The van der Waals surface area contributed by atoms with Crippen LogP contribution in [0.25, 0.3) is 0 Å². The summed E-state index contributed by atoms with van der Waals surface area (Å²) in [6.45, 7) is 1.95. The zero-order chi connectivity index (χ0) is 17.4. The molecule has 2 aromatic carbocycles. The highest BCUT2D eigenvalue weighted by molar-refractivity contribution is 6.10. The molecule has 0 spiro atoms. The third-order valence-electron chi connectivity index (χ3n) is 4.25. The first-order chi connectivity index (χ1) is 12.1. The molecule has 0 radical (unpaired) electrons. The number of fused-ring (bicyclic) bond motifs is 1. The molecule has 1 aromatic heterocycles. The Balaban J connectivity index is 1.77. The summed E-state index contributed by atoms with van der Waals surface area (Å²) in [6, 6.07) is 17.3. The van der Waals surface area contributed by atoms with Gasteiger partial charge in [0, 0.05) is 23.0 Å². The maximum Gasteiger partial charge on any atom is 0.261 e. The zero-order valence-corrected chi connectivity index (χ0v) is 13.6. The van der Waals surface area contributed by atoms with Crippen LogP contribution in [0.4, 0.5) is 15.9 Å². The summed E-state index contributed by atoms with van der Waals surface area (Å²) in [6.07, 6.45) is 1.34. The maximum absolute atomic E-state index is 13.2. The van der Waals surface area contributed by atoms with Gasteiger partial charge in [-0.05, 0) is 48.9 Å². The van der Waals surface area contributed by atoms with Crippen molar-refractivity contribution >= 4 is 17.4 Å². The van der Waals surface area contributed by atoms with Crippen LogP contribution in [0.1, 0.15) is 27.7 Å². The fourth-order valence-corrected chi connectivity index (χ4v) is 3.00. The SMILES string of the molecule is Cc1ccc(N2C(=O)c3ccccc3C2Nc2ccc(F)cc2)nc1. The first-order valence-electron chi connectivity index (χ1n) is 8.01. The zero-order valence-electron chi connectivity index (χ0n) is 13.6. The van der Waals surface area contributed by atoms with Crippen molar-refractivity contribution < 1.29 is 9.18 Å². The second kappa shape index (κ2) is 6.02. The van der Waals surface area contributed by atoms with E-state index in [0.29, 0.717) is 11.4 Å². The number of anilines is 2. The molecular weight excluding hydrogens is 317 g/mol. The van der Waals surface area contributed by atoms with E-state index in [0.717, 1.165) is 16.8 Å². The summed E-state index contributed by atoms with van der Waals surface area (Å²) >= 11 is 0. The molecule has 1 unspecified atom stereocenters. The molecule has 1 aliphatic heterocycles. The Morgan fingerprint density at radius 1 is 1.04 bits per heavy atom. The van der Waals surface area contributed by atoms with E-state index in [4.69, 9.17) is 0 Å². The van der Waals surface area contributed by atoms with Gasteiger partial charge in [-0.25, -0.2) is 9.37 Å². The highest BCUT2D eigenvalue weighted by atomic mass is 19.1. The molecule has 1 aliphatic rings. The molecule has 25 heavy (non-hydrogen) atoms. The van der Waals surface area contributed by atoms with Crippen LogP contribution in [-0.4, -0.2) is 10.9 Å². The molecule has 3 aromatic rings. The maximum atomic E-state index is 13.2. The van der Waals surface area contributed by atoms with Crippen LogP contribution < -0.4 is 10.2 Å². The van der Waals surface area contributed by atoms with E-state index in [9.17, 15) is 9.18 Å². The van der Waals surface area contributed by atoms with Crippen molar-refractivity contribution in [2.24, 2.45) is 0 Å². The van der Waals surface area contributed by atoms with Gasteiger partial charge in [-0.15, -0.1) is 0 Å². The standard InChI is InChI=1S/C20H16FN3O/c1-13-6-11-18(22-12-13)24-19(23-15-9-7-14(21)8-10-15)16-4-2-3-5-17(16)20(24)25/h2-12,19,23H,1H3. The number of pyridine rings is 1. The number of aryl methyl sites for hydroxylation is 1. The number of carbonyl (C=O) groups is 1. The van der Waals surface area contributed by atoms with Gasteiger partial charge in [-0.3, -0.25) is 9.69 Å². The van der Waals surface area contributed by atoms with Gasteiger partial charge in [-0.1, -0.05) is 24.3 Å². The van der Waals surface area contributed by atoms with Crippen LogP contribution in [0.2, 0.25) is 0 Å². The van der Waals surface area contributed by atoms with E-state index in [1.165, 1.54) is 12.1 Å². The van der Waals surface area contributed by atoms with Gasteiger partial charge in [-0.2, -0.15) is 0 Å². The summed E-state index contributed by atoms with van der Waals surface area (Å²) < 4.78 is 13.2. The van der Waals surface area contributed by atoms with E-state index in [2.05, 4.69) is 10.3 Å². The van der Waals surface area contributed by atoms with Gasteiger partial charge >= 0.3 is 0 Å². The lowest BCUT2D eigenvalue weighted by Crippen LogP contribution is -2.32. The molecule has 4 nitrogen and oxygen atoms in total. The number of rotatable bonds is 3. The minimum absolute atomic E-state index is 0.105. The number of carbonyl (C=O) groups excluding carboxylic acids is 1. The smallest absolute Gasteiger partial charge is 0.261 e. The van der Waals surface area contributed by atoms with Gasteiger partial charge in [0.1, 0.15) is 17.8 Å². The minimum atomic E-state index is -0.399.